The van der Waals surface area contributed by atoms with Gasteiger partial charge >= 0.3 is 0 Å². The number of fused-ring (bicyclic) bond motifs is 1. The first kappa shape index (κ1) is 14.8. The van der Waals surface area contributed by atoms with Crippen LogP contribution in [0, 0.1) is 11.8 Å². The summed E-state index contributed by atoms with van der Waals surface area (Å²) in [5, 5.41) is 0. The Kier molecular flexibility index (Phi) is 4.51. The fraction of sp³-hybridized carbons (Fsp3) is 0.933. The lowest BCUT2D eigenvalue weighted by Gasteiger charge is -2.44. The van der Waals surface area contributed by atoms with Crippen LogP contribution in [0.2, 0.25) is 0 Å². The van der Waals surface area contributed by atoms with Crippen LogP contribution < -0.4 is 11.5 Å². The lowest BCUT2D eigenvalue weighted by molar-refractivity contribution is -0.123. The van der Waals surface area contributed by atoms with Crippen LogP contribution in [0.1, 0.15) is 52.4 Å². The van der Waals surface area contributed by atoms with Gasteiger partial charge in [-0.1, -0.05) is 19.3 Å². The van der Waals surface area contributed by atoms with Gasteiger partial charge in [0.2, 0.25) is 5.91 Å². The Morgan fingerprint density at radius 1 is 1.32 bits per heavy atom. The fourth-order valence-corrected chi connectivity index (χ4v) is 3.87. The van der Waals surface area contributed by atoms with Gasteiger partial charge in [0, 0.05) is 12.6 Å². The number of primary amides is 1. The van der Waals surface area contributed by atoms with E-state index in [-0.39, 0.29) is 0 Å². The smallest absolute Gasteiger partial charge is 0.237 e. The van der Waals surface area contributed by atoms with E-state index in [1.165, 1.54) is 38.6 Å². The molecule has 4 heteroatoms. The molecule has 4 N–H and O–H groups in total. The maximum Gasteiger partial charge on any atom is 0.237 e. The standard InChI is InChI=1S/C15H29N3O/c1-11(9-15(2,17)14(16)19)18-8-7-12-5-3-4-6-13(12)10-18/h11-13H,3-10,17H2,1-2H3,(H2,16,19). The molecule has 1 aliphatic carbocycles. The molecule has 1 heterocycles. The van der Waals surface area contributed by atoms with Gasteiger partial charge in [-0.05, 0) is 51.5 Å². The third kappa shape index (κ3) is 3.48. The monoisotopic (exact) mass is 267 g/mol. The molecular weight excluding hydrogens is 238 g/mol. The number of carbonyl (C=O) groups excluding carboxylic acids is 1. The summed E-state index contributed by atoms with van der Waals surface area (Å²) in [5.74, 6) is 1.41. The highest BCUT2D eigenvalue weighted by Gasteiger charge is 2.35. The molecule has 0 aromatic carbocycles. The average Bonchev–Trinajstić information content (AvgIpc) is 2.37. The van der Waals surface area contributed by atoms with E-state index in [0.717, 1.165) is 18.4 Å². The number of rotatable bonds is 4. The van der Waals surface area contributed by atoms with Crippen molar-refractivity contribution in [2.45, 2.75) is 64.0 Å². The van der Waals surface area contributed by atoms with Crippen LogP contribution in [-0.2, 0) is 4.79 Å². The third-order valence-corrected chi connectivity index (χ3v) is 5.23. The number of likely N-dealkylation sites (tertiary alicyclic amines) is 1. The Bertz CT molecular complexity index is 329. The molecular formula is C15H29N3O. The summed E-state index contributed by atoms with van der Waals surface area (Å²) in [6.45, 7) is 6.26. The van der Waals surface area contributed by atoms with Gasteiger partial charge in [-0.2, -0.15) is 0 Å². The van der Waals surface area contributed by atoms with E-state index in [0.29, 0.717) is 12.5 Å². The highest BCUT2D eigenvalue weighted by atomic mass is 16.1. The number of piperidine rings is 1. The van der Waals surface area contributed by atoms with Crippen LogP contribution in [0.5, 0.6) is 0 Å². The molecule has 0 spiro atoms. The first-order valence-electron chi connectivity index (χ1n) is 7.73. The largest absolute Gasteiger partial charge is 0.368 e. The van der Waals surface area contributed by atoms with Crippen molar-refractivity contribution in [1.82, 2.24) is 4.90 Å². The van der Waals surface area contributed by atoms with Crippen LogP contribution >= 0.6 is 0 Å². The molecule has 0 aromatic rings. The molecule has 0 bridgehead atoms. The quantitative estimate of drug-likeness (QED) is 0.810. The average molecular weight is 267 g/mol. The second-order valence-electron chi connectivity index (χ2n) is 6.92. The summed E-state index contributed by atoms with van der Waals surface area (Å²) in [6.07, 6.45) is 7.57. The summed E-state index contributed by atoms with van der Waals surface area (Å²) in [7, 11) is 0. The van der Waals surface area contributed by atoms with Gasteiger partial charge in [0.15, 0.2) is 0 Å². The first-order valence-corrected chi connectivity index (χ1v) is 7.73. The van der Waals surface area contributed by atoms with Gasteiger partial charge in [0.1, 0.15) is 0 Å². The topological polar surface area (TPSA) is 72.3 Å². The van der Waals surface area contributed by atoms with Gasteiger partial charge < -0.3 is 16.4 Å². The van der Waals surface area contributed by atoms with Crippen molar-refractivity contribution in [2.24, 2.45) is 23.3 Å². The summed E-state index contributed by atoms with van der Waals surface area (Å²) < 4.78 is 0. The van der Waals surface area contributed by atoms with Crippen molar-refractivity contribution in [3.05, 3.63) is 0 Å². The van der Waals surface area contributed by atoms with E-state index in [4.69, 9.17) is 11.5 Å². The van der Waals surface area contributed by atoms with Gasteiger partial charge in [-0.3, -0.25) is 4.79 Å². The van der Waals surface area contributed by atoms with Crippen LogP contribution in [0.15, 0.2) is 0 Å². The number of hydrogen-bond donors (Lipinski definition) is 2. The predicted octanol–water partition coefficient (Wildman–Crippen LogP) is 1.48. The molecule has 2 rings (SSSR count). The molecule has 19 heavy (non-hydrogen) atoms. The molecule has 0 aromatic heterocycles. The number of nitrogens with zero attached hydrogens (tertiary/aromatic N) is 1. The van der Waals surface area contributed by atoms with Crippen molar-refractivity contribution in [3.8, 4) is 0 Å². The van der Waals surface area contributed by atoms with Crippen molar-refractivity contribution < 1.29 is 4.79 Å². The highest BCUT2D eigenvalue weighted by Crippen LogP contribution is 2.37. The third-order valence-electron chi connectivity index (χ3n) is 5.23. The van der Waals surface area contributed by atoms with E-state index in [9.17, 15) is 4.79 Å². The molecule has 2 fully saturated rings. The molecule has 1 saturated heterocycles. The van der Waals surface area contributed by atoms with E-state index in [2.05, 4.69) is 11.8 Å². The van der Waals surface area contributed by atoms with Crippen LogP contribution in [0.3, 0.4) is 0 Å². The zero-order valence-corrected chi connectivity index (χ0v) is 12.4. The lowest BCUT2D eigenvalue weighted by atomic mass is 9.74. The minimum absolute atomic E-state index is 0.338. The summed E-state index contributed by atoms with van der Waals surface area (Å²) in [4.78, 5) is 13.9. The summed E-state index contributed by atoms with van der Waals surface area (Å²) in [5.41, 5.74) is 10.5. The molecule has 4 unspecified atom stereocenters. The van der Waals surface area contributed by atoms with E-state index in [1.54, 1.807) is 6.92 Å². The maximum absolute atomic E-state index is 11.3. The Morgan fingerprint density at radius 3 is 2.58 bits per heavy atom. The van der Waals surface area contributed by atoms with Gasteiger partial charge in [0.25, 0.3) is 0 Å². The molecule has 1 amide bonds. The Labute approximate surface area is 116 Å². The van der Waals surface area contributed by atoms with Crippen LogP contribution in [-0.4, -0.2) is 35.5 Å². The number of carbonyl (C=O) groups is 1. The Hall–Kier alpha value is -0.610. The minimum Gasteiger partial charge on any atom is -0.368 e. The van der Waals surface area contributed by atoms with Gasteiger partial charge in [0.05, 0.1) is 5.54 Å². The predicted molar refractivity (Wildman–Crippen MR) is 77.5 cm³/mol. The highest BCUT2D eigenvalue weighted by molar-refractivity contribution is 5.83. The molecule has 2 aliphatic rings. The van der Waals surface area contributed by atoms with E-state index < -0.39 is 11.4 Å². The molecule has 1 aliphatic heterocycles. The first-order chi connectivity index (χ1) is 8.90. The van der Waals surface area contributed by atoms with Crippen molar-refractivity contribution in [2.75, 3.05) is 13.1 Å². The van der Waals surface area contributed by atoms with Gasteiger partial charge in [-0.15, -0.1) is 0 Å². The fourth-order valence-electron chi connectivity index (χ4n) is 3.87. The minimum atomic E-state index is -0.886. The van der Waals surface area contributed by atoms with E-state index >= 15 is 0 Å². The van der Waals surface area contributed by atoms with Gasteiger partial charge in [-0.25, -0.2) is 0 Å². The molecule has 0 radical (unpaired) electrons. The summed E-state index contributed by atoms with van der Waals surface area (Å²) in [6, 6.07) is 0.338. The number of hydrogen-bond acceptors (Lipinski definition) is 3. The van der Waals surface area contributed by atoms with Crippen molar-refractivity contribution >= 4 is 5.91 Å². The number of nitrogens with two attached hydrogens (primary N) is 2. The van der Waals surface area contributed by atoms with Crippen LogP contribution in [0.4, 0.5) is 0 Å². The Morgan fingerprint density at radius 2 is 1.95 bits per heavy atom. The van der Waals surface area contributed by atoms with Crippen molar-refractivity contribution in [1.29, 1.82) is 0 Å². The normalized spacial score (nSPS) is 33.2. The molecule has 4 nitrogen and oxygen atoms in total. The molecule has 4 atom stereocenters. The van der Waals surface area contributed by atoms with Crippen LogP contribution in [0.25, 0.3) is 0 Å². The zero-order chi connectivity index (χ0) is 14.0. The SMILES string of the molecule is CC(CC(C)(N)C(N)=O)N1CCC2CCCCC2C1. The summed E-state index contributed by atoms with van der Waals surface area (Å²) >= 11 is 0. The maximum atomic E-state index is 11.3. The van der Waals surface area contributed by atoms with Crippen molar-refractivity contribution in [3.63, 3.8) is 0 Å². The molecule has 110 valence electrons. The lowest BCUT2D eigenvalue weighted by Crippen LogP contribution is -2.55. The molecule has 1 saturated carbocycles. The second kappa shape index (κ2) is 5.80. The number of amides is 1. The van der Waals surface area contributed by atoms with E-state index in [1.807, 2.05) is 0 Å². The zero-order valence-electron chi connectivity index (χ0n) is 12.4. The second-order valence-corrected chi connectivity index (χ2v) is 6.92. The Balaban J connectivity index is 1.90.